The number of aromatic amines is 1. The summed E-state index contributed by atoms with van der Waals surface area (Å²) in [5.41, 5.74) is 1.95. The van der Waals surface area contributed by atoms with Gasteiger partial charge in [-0.25, -0.2) is 0 Å². The third-order valence-corrected chi connectivity index (χ3v) is 2.73. The van der Waals surface area contributed by atoms with Crippen LogP contribution in [0.15, 0.2) is 29.1 Å². The van der Waals surface area contributed by atoms with Crippen molar-refractivity contribution in [2.75, 3.05) is 5.32 Å². The van der Waals surface area contributed by atoms with E-state index in [0.29, 0.717) is 11.3 Å². The number of carbonyl (C=O) groups is 1. The van der Waals surface area contributed by atoms with Crippen molar-refractivity contribution in [3.05, 3.63) is 40.4 Å². The molecule has 2 aromatic rings. The fourth-order valence-electron chi connectivity index (χ4n) is 1.25. The summed E-state index contributed by atoms with van der Waals surface area (Å²) >= 11 is 3.31. The minimum atomic E-state index is -0.196. The van der Waals surface area contributed by atoms with E-state index in [1.54, 1.807) is 25.4 Å². The Labute approximate surface area is 100 Å². The smallest absolute Gasteiger partial charge is 0.259 e. The number of hydrogen-bond donors (Lipinski definition) is 2. The minimum Gasteiger partial charge on any atom is -0.321 e. The van der Waals surface area contributed by atoms with E-state index in [4.69, 9.17) is 0 Å². The third kappa shape index (κ3) is 2.11. The first-order chi connectivity index (χ1) is 7.68. The van der Waals surface area contributed by atoms with Crippen LogP contribution in [0.3, 0.4) is 0 Å². The lowest BCUT2D eigenvalue weighted by Gasteiger charge is -2.05. The van der Waals surface area contributed by atoms with Gasteiger partial charge < -0.3 is 5.32 Å². The Morgan fingerprint density at radius 2 is 2.31 bits per heavy atom. The molecule has 0 radical (unpaired) electrons. The van der Waals surface area contributed by atoms with Crippen LogP contribution in [-0.4, -0.2) is 21.1 Å². The van der Waals surface area contributed by atoms with E-state index in [1.807, 2.05) is 0 Å². The molecular formula is C10H9BrN4O. The Bertz CT molecular complexity index is 523. The van der Waals surface area contributed by atoms with Crippen LogP contribution in [-0.2, 0) is 0 Å². The van der Waals surface area contributed by atoms with E-state index in [2.05, 4.69) is 36.4 Å². The number of H-pyrrole nitrogens is 1. The number of nitrogens with zero attached hydrogens (tertiary/aromatic N) is 2. The molecule has 2 heterocycles. The van der Waals surface area contributed by atoms with Gasteiger partial charge in [0.2, 0.25) is 0 Å². The summed E-state index contributed by atoms with van der Waals surface area (Å²) in [6, 6.07) is 1.72. The van der Waals surface area contributed by atoms with Crippen LogP contribution in [0.25, 0.3) is 0 Å². The number of rotatable bonds is 2. The van der Waals surface area contributed by atoms with Crippen molar-refractivity contribution in [1.29, 1.82) is 0 Å². The minimum absolute atomic E-state index is 0.196. The lowest BCUT2D eigenvalue weighted by Crippen LogP contribution is -2.12. The van der Waals surface area contributed by atoms with E-state index < -0.39 is 0 Å². The SMILES string of the molecule is Cc1[nH]ncc1C(=O)Nc1ccncc1Br. The van der Waals surface area contributed by atoms with Crippen LogP contribution in [0.2, 0.25) is 0 Å². The van der Waals surface area contributed by atoms with E-state index in [9.17, 15) is 4.79 Å². The molecule has 2 rings (SSSR count). The number of hydrogen-bond acceptors (Lipinski definition) is 3. The Morgan fingerprint density at radius 1 is 1.50 bits per heavy atom. The largest absolute Gasteiger partial charge is 0.321 e. The zero-order valence-corrected chi connectivity index (χ0v) is 10.1. The van der Waals surface area contributed by atoms with Gasteiger partial charge in [0.05, 0.1) is 21.9 Å². The molecule has 0 aliphatic rings. The molecule has 0 saturated heterocycles. The number of aryl methyl sites for hydroxylation is 1. The molecule has 0 aliphatic carbocycles. The monoisotopic (exact) mass is 280 g/mol. The molecule has 0 atom stereocenters. The molecular weight excluding hydrogens is 272 g/mol. The number of carbonyl (C=O) groups excluding carboxylic acids is 1. The Hall–Kier alpha value is -1.69. The molecule has 6 heteroatoms. The Morgan fingerprint density at radius 3 is 2.94 bits per heavy atom. The standard InChI is InChI=1S/C10H9BrN4O/c1-6-7(4-13-15-6)10(16)14-9-2-3-12-5-8(9)11/h2-5H,1H3,(H,13,15)(H,12,14,16). The first-order valence-electron chi connectivity index (χ1n) is 4.59. The highest BCUT2D eigenvalue weighted by Gasteiger charge is 2.11. The second-order valence-corrected chi connectivity index (χ2v) is 4.07. The van der Waals surface area contributed by atoms with Crippen molar-refractivity contribution in [2.45, 2.75) is 6.92 Å². The van der Waals surface area contributed by atoms with Gasteiger partial charge in [0.15, 0.2) is 0 Å². The molecule has 0 saturated carbocycles. The number of anilines is 1. The number of amides is 1. The molecule has 2 N–H and O–H groups in total. The van der Waals surface area contributed by atoms with Crippen LogP contribution in [0.1, 0.15) is 16.1 Å². The highest BCUT2D eigenvalue weighted by molar-refractivity contribution is 9.10. The van der Waals surface area contributed by atoms with E-state index in [0.717, 1.165) is 10.2 Å². The molecule has 82 valence electrons. The predicted octanol–water partition coefficient (Wildman–Crippen LogP) is 2.13. The quantitative estimate of drug-likeness (QED) is 0.885. The van der Waals surface area contributed by atoms with Gasteiger partial charge in [-0.2, -0.15) is 5.10 Å². The second-order valence-electron chi connectivity index (χ2n) is 3.22. The molecule has 2 aromatic heterocycles. The van der Waals surface area contributed by atoms with Crippen LogP contribution in [0.4, 0.5) is 5.69 Å². The molecule has 0 unspecified atom stereocenters. The summed E-state index contributed by atoms with van der Waals surface area (Å²) in [6.45, 7) is 1.80. The fraction of sp³-hybridized carbons (Fsp3) is 0.100. The highest BCUT2D eigenvalue weighted by atomic mass is 79.9. The van der Waals surface area contributed by atoms with Gasteiger partial charge in [0.1, 0.15) is 0 Å². The maximum absolute atomic E-state index is 11.8. The van der Waals surface area contributed by atoms with Crippen molar-refractivity contribution in [2.24, 2.45) is 0 Å². The average Bonchev–Trinajstić information content (AvgIpc) is 2.68. The van der Waals surface area contributed by atoms with Crippen molar-refractivity contribution in [1.82, 2.24) is 15.2 Å². The molecule has 0 aromatic carbocycles. The fourth-order valence-corrected chi connectivity index (χ4v) is 1.60. The van der Waals surface area contributed by atoms with Crippen molar-refractivity contribution in [3.63, 3.8) is 0 Å². The highest BCUT2D eigenvalue weighted by Crippen LogP contribution is 2.20. The van der Waals surface area contributed by atoms with Gasteiger partial charge in [-0.3, -0.25) is 14.9 Å². The van der Waals surface area contributed by atoms with Gasteiger partial charge in [0.25, 0.3) is 5.91 Å². The maximum Gasteiger partial charge on any atom is 0.259 e. The summed E-state index contributed by atoms with van der Waals surface area (Å²) in [5, 5.41) is 9.28. The molecule has 1 amide bonds. The van der Waals surface area contributed by atoms with Gasteiger partial charge in [0, 0.05) is 18.1 Å². The molecule has 0 bridgehead atoms. The van der Waals surface area contributed by atoms with E-state index >= 15 is 0 Å². The van der Waals surface area contributed by atoms with E-state index in [1.165, 1.54) is 6.20 Å². The van der Waals surface area contributed by atoms with Crippen LogP contribution in [0.5, 0.6) is 0 Å². The maximum atomic E-state index is 11.8. The van der Waals surface area contributed by atoms with Crippen LogP contribution in [0, 0.1) is 6.92 Å². The number of nitrogens with one attached hydrogen (secondary N) is 2. The van der Waals surface area contributed by atoms with Gasteiger partial charge in [-0.1, -0.05) is 0 Å². The molecule has 5 nitrogen and oxygen atoms in total. The first-order valence-corrected chi connectivity index (χ1v) is 5.38. The Balaban J connectivity index is 2.21. The summed E-state index contributed by atoms with van der Waals surface area (Å²) in [5.74, 6) is -0.196. The summed E-state index contributed by atoms with van der Waals surface area (Å²) in [6.07, 6.45) is 4.74. The average molecular weight is 281 g/mol. The molecule has 0 aliphatic heterocycles. The van der Waals surface area contributed by atoms with Gasteiger partial charge in [-0.15, -0.1) is 0 Å². The number of halogens is 1. The number of pyridine rings is 1. The second kappa shape index (κ2) is 4.44. The van der Waals surface area contributed by atoms with Gasteiger partial charge in [-0.05, 0) is 28.9 Å². The third-order valence-electron chi connectivity index (χ3n) is 2.10. The van der Waals surface area contributed by atoms with Crippen LogP contribution < -0.4 is 5.32 Å². The molecule has 16 heavy (non-hydrogen) atoms. The van der Waals surface area contributed by atoms with Crippen molar-refractivity contribution >= 4 is 27.5 Å². The zero-order chi connectivity index (χ0) is 11.5. The molecule has 0 fully saturated rings. The van der Waals surface area contributed by atoms with Crippen LogP contribution >= 0.6 is 15.9 Å². The molecule has 0 spiro atoms. The predicted molar refractivity (Wildman–Crippen MR) is 63.2 cm³/mol. The summed E-state index contributed by atoms with van der Waals surface area (Å²) < 4.78 is 0.740. The Kier molecular flexibility index (Phi) is 3.00. The summed E-state index contributed by atoms with van der Waals surface area (Å²) in [7, 11) is 0. The van der Waals surface area contributed by atoms with Crippen molar-refractivity contribution < 1.29 is 4.79 Å². The lowest BCUT2D eigenvalue weighted by atomic mass is 10.2. The van der Waals surface area contributed by atoms with Gasteiger partial charge >= 0.3 is 0 Å². The lowest BCUT2D eigenvalue weighted by molar-refractivity contribution is 0.102. The van der Waals surface area contributed by atoms with Crippen molar-refractivity contribution in [3.8, 4) is 0 Å². The zero-order valence-electron chi connectivity index (χ0n) is 8.49. The van der Waals surface area contributed by atoms with E-state index in [-0.39, 0.29) is 5.91 Å². The normalized spacial score (nSPS) is 10.1. The first kappa shape index (κ1) is 10.8. The topological polar surface area (TPSA) is 70.7 Å². The summed E-state index contributed by atoms with van der Waals surface area (Å²) in [4.78, 5) is 15.8. The number of aromatic nitrogens is 3.